The number of hydrogen-bond acceptors (Lipinski definition) is 5. The Balaban J connectivity index is 0.00000240. The molecular formula is C20H27IN6OS. The van der Waals surface area contributed by atoms with Gasteiger partial charge in [0.2, 0.25) is 5.91 Å². The highest BCUT2D eigenvalue weighted by Crippen LogP contribution is 2.23. The maximum atomic E-state index is 12.6. The third kappa shape index (κ3) is 5.19. The highest BCUT2D eigenvalue weighted by molar-refractivity contribution is 14.0. The van der Waals surface area contributed by atoms with E-state index in [0.29, 0.717) is 0 Å². The molecular weight excluding hydrogens is 499 g/mol. The largest absolute Gasteiger partial charge is 0.353 e. The second-order valence-corrected chi connectivity index (χ2v) is 8.00. The van der Waals surface area contributed by atoms with Crippen LogP contribution in [0.15, 0.2) is 40.8 Å². The number of hydrogen-bond donors (Lipinski definition) is 1. The number of nitrogens with one attached hydrogen (secondary N) is 1. The van der Waals surface area contributed by atoms with Gasteiger partial charge in [0.15, 0.2) is 5.96 Å². The number of aromatic nitrogens is 1. The summed E-state index contributed by atoms with van der Waals surface area (Å²) in [4.78, 5) is 29.3. The number of halogens is 1. The Morgan fingerprint density at radius 2 is 2.00 bits per heavy atom. The quantitative estimate of drug-likeness (QED) is 0.377. The van der Waals surface area contributed by atoms with E-state index in [-0.39, 0.29) is 36.4 Å². The van der Waals surface area contributed by atoms with E-state index in [4.69, 9.17) is 0 Å². The van der Waals surface area contributed by atoms with Gasteiger partial charge in [0, 0.05) is 57.4 Å². The first-order valence-corrected chi connectivity index (χ1v) is 10.6. The van der Waals surface area contributed by atoms with Crippen molar-refractivity contribution in [1.29, 1.82) is 0 Å². The summed E-state index contributed by atoms with van der Waals surface area (Å²) in [6.07, 6.45) is 2.79. The molecule has 156 valence electrons. The summed E-state index contributed by atoms with van der Waals surface area (Å²) in [5.74, 6) is 1.94. The van der Waals surface area contributed by atoms with Crippen LogP contribution >= 0.6 is 35.3 Å². The normalized spacial score (nSPS) is 16.9. The molecule has 2 aromatic heterocycles. The smallest absolute Gasteiger partial charge is 0.242 e. The van der Waals surface area contributed by atoms with Crippen LogP contribution in [-0.2, 0) is 17.8 Å². The number of amides is 1. The van der Waals surface area contributed by atoms with Gasteiger partial charge in [-0.15, -0.1) is 35.3 Å². The molecule has 0 aromatic carbocycles. The lowest BCUT2D eigenvalue weighted by Gasteiger charge is -2.37. The molecule has 1 amide bonds. The van der Waals surface area contributed by atoms with Crippen molar-refractivity contribution < 1.29 is 4.79 Å². The average Bonchev–Trinajstić information content (AvgIpc) is 3.23. The molecule has 2 aromatic rings. The number of guanidine groups is 1. The zero-order valence-electron chi connectivity index (χ0n) is 16.6. The first-order valence-electron chi connectivity index (χ1n) is 9.69. The maximum absolute atomic E-state index is 12.6. The lowest BCUT2D eigenvalue weighted by Crippen LogP contribution is -2.54. The molecule has 2 aliphatic heterocycles. The minimum absolute atomic E-state index is 0. The predicted octanol–water partition coefficient (Wildman–Crippen LogP) is 2.04. The Hall–Kier alpha value is -1.88. The second kappa shape index (κ2) is 10.2. The Labute approximate surface area is 192 Å². The number of anilines is 1. The Bertz CT molecular complexity index is 835. The fourth-order valence-electron chi connectivity index (χ4n) is 3.75. The van der Waals surface area contributed by atoms with Gasteiger partial charge in [-0.2, -0.15) is 0 Å². The first-order chi connectivity index (χ1) is 13.7. The van der Waals surface area contributed by atoms with Gasteiger partial charge in [-0.3, -0.25) is 9.79 Å². The van der Waals surface area contributed by atoms with Crippen LogP contribution in [0.4, 0.5) is 5.82 Å². The van der Waals surface area contributed by atoms with Crippen molar-refractivity contribution in [2.24, 2.45) is 4.99 Å². The van der Waals surface area contributed by atoms with E-state index in [0.717, 1.165) is 57.5 Å². The molecule has 4 rings (SSSR count). The minimum atomic E-state index is 0. The van der Waals surface area contributed by atoms with Crippen LogP contribution in [0.25, 0.3) is 0 Å². The number of carbonyl (C=O) groups is 1. The van der Waals surface area contributed by atoms with Crippen molar-refractivity contribution in [2.75, 3.05) is 51.2 Å². The molecule has 0 saturated carbocycles. The van der Waals surface area contributed by atoms with Crippen LogP contribution in [0.1, 0.15) is 10.4 Å². The number of pyridine rings is 1. The van der Waals surface area contributed by atoms with Gasteiger partial charge in [0.25, 0.3) is 0 Å². The molecule has 1 fully saturated rings. The fourth-order valence-corrected chi connectivity index (χ4v) is 4.64. The van der Waals surface area contributed by atoms with Crippen molar-refractivity contribution in [2.45, 2.75) is 13.0 Å². The monoisotopic (exact) mass is 526 g/mol. The zero-order valence-corrected chi connectivity index (χ0v) is 19.7. The third-order valence-corrected chi connectivity index (χ3v) is 6.35. The minimum Gasteiger partial charge on any atom is -0.353 e. The van der Waals surface area contributed by atoms with Gasteiger partial charge in [-0.05, 0) is 35.6 Å². The Kier molecular flexibility index (Phi) is 7.70. The molecule has 0 atom stereocenters. The standard InChI is InChI=1S/C20H26N6OS.HI/c1-21-20(25-11-9-24(10-12-25)18-4-2-3-7-22-18)23-14-19(27)26-8-5-17-16(15-26)6-13-28-17;/h2-4,6-7,13H,5,8-12,14-15H2,1H3,(H,21,23);1H. The molecule has 0 radical (unpaired) electrons. The maximum Gasteiger partial charge on any atom is 0.242 e. The van der Waals surface area contributed by atoms with Gasteiger partial charge in [-0.25, -0.2) is 4.98 Å². The molecule has 29 heavy (non-hydrogen) atoms. The van der Waals surface area contributed by atoms with Gasteiger partial charge in [0.1, 0.15) is 5.82 Å². The SMILES string of the molecule is CN=C(NCC(=O)N1CCc2sccc2C1)N1CCN(c2ccccn2)CC1.I. The number of nitrogens with zero attached hydrogens (tertiary/aromatic N) is 5. The van der Waals surface area contributed by atoms with Crippen molar-refractivity contribution in [3.8, 4) is 0 Å². The first kappa shape index (κ1) is 21.8. The van der Waals surface area contributed by atoms with Crippen LogP contribution in [0.3, 0.4) is 0 Å². The number of fused-ring (bicyclic) bond motifs is 1. The van der Waals surface area contributed by atoms with E-state index in [9.17, 15) is 4.79 Å². The van der Waals surface area contributed by atoms with Crippen molar-refractivity contribution in [3.05, 3.63) is 46.3 Å². The molecule has 7 nitrogen and oxygen atoms in total. The molecule has 9 heteroatoms. The third-order valence-electron chi connectivity index (χ3n) is 5.32. The topological polar surface area (TPSA) is 64.1 Å². The van der Waals surface area contributed by atoms with E-state index >= 15 is 0 Å². The number of carbonyl (C=O) groups excluding carboxylic acids is 1. The summed E-state index contributed by atoms with van der Waals surface area (Å²) < 4.78 is 0. The van der Waals surface area contributed by atoms with Gasteiger partial charge in [0.05, 0.1) is 6.54 Å². The van der Waals surface area contributed by atoms with E-state index in [2.05, 4.69) is 36.5 Å². The lowest BCUT2D eigenvalue weighted by atomic mass is 10.1. The highest BCUT2D eigenvalue weighted by atomic mass is 127. The molecule has 0 spiro atoms. The van der Waals surface area contributed by atoms with E-state index in [1.54, 1.807) is 18.4 Å². The number of piperazine rings is 1. The van der Waals surface area contributed by atoms with E-state index in [1.807, 2.05) is 29.3 Å². The summed E-state index contributed by atoms with van der Waals surface area (Å²) in [7, 11) is 1.77. The van der Waals surface area contributed by atoms with Gasteiger partial charge >= 0.3 is 0 Å². The zero-order chi connectivity index (χ0) is 19.3. The Morgan fingerprint density at radius 3 is 2.72 bits per heavy atom. The van der Waals surface area contributed by atoms with Crippen LogP contribution < -0.4 is 10.2 Å². The van der Waals surface area contributed by atoms with Gasteiger partial charge < -0.3 is 20.0 Å². The van der Waals surface area contributed by atoms with Crippen molar-refractivity contribution in [1.82, 2.24) is 20.1 Å². The molecule has 1 N–H and O–H groups in total. The average molecular weight is 526 g/mol. The summed E-state index contributed by atoms with van der Waals surface area (Å²) in [6, 6.07) is 8.12. The van der Waals surface area contributed by atoms with Gasteiger partial charge in [-0.1, -0.05) is 6.07 Å². The van der Waals surface area contributed by atoms with Crippen LogP contribution in [0.2, 0.25) is 0 Å². The Morgan fingerprint density at radius 1 is 1.17 bits per heavy atom. The van der Waals surface area contributed by atoms with Crippen LogP contribution in [-0.4, -0.2) is 73.0 Å². The summed E-state index contributed by atoms with van der Waals surface area (Å²) >= 11 is 1.79. The molecule has 1 saturated heterocycles. The van der Waals surface area contributed by atoms with Crippen LogP contribution in [0.5, 0.6) is 0 Å². The summed E-state index contributed by atoms with van der Waals surface area (Å²) in [5.41, 5.74) is 1.29. The molecule has 0 unspecified atom stereocenters. The fraction of sp³-hybridized carbons (Fsp3) is 0.450. The molecule has 0 aliphatic carbocycles. The van der Waals surface area contributed by atoms with E-state index in [1.165, 1.54) is 10.4 Å². The second-order valence-electron chi connectivity index (χ2n) is 7.00. The summed E-state index contributed by atoms with van der Waals surface area (Å²) in [5, 5.41) is 5.38. The molecule has 0 bridgehead atoms. The number of rotatable bonds is 3. The number of aliphatic imine (C=N–C) groups is 1. The van der Waals surface area contributed by atoms with E-state index < -0.39 is 0 Å². The molecule has 2 aliphatic rings. The lowest BCUT2D eigenvalue weighted by molar-refractivity contribution is -0.130. The van der Waals surface area contributed by atoms with Crippen LogP contribution in [0, 0.1) is 0 Å². The van der Waals surface area contributed by atoms with Crippen molar-refractivity contribution >= 4 is 53.0 Å². The summed E-state index contributed by atoms with van der Waals surface area (Å²) in [6.45, 7) is 5.29. The predicted molar refractivity (Wildman–Crippen MR) is 128 cm³/mol. The number of thiophene rings is 1. The molecule has 4 heterocycles. The van der Waals surface area contributed by atoms with Crippen molar-refractivity contribution in [3.63, 3.8) is 0 Å². The highest BCUT2D eigenvalue weighted by Gasteiger charge is 2.23.